The molecule has 0 spiro atoms. The molecule has 0 aliphatic carbocycles. The molecule has 1 aliphatic rings. The molecule has 0 amide bonds. The number of carbonyl (C=O) groups excluding carboxylic acids is 1. The highest BCUT2D eigenvalue weighted by Crippen LogP contribution is 2.23. The summed E-state index contributed by atoms with van der Waals surface area (Å²) in [4.78, 5) is 14.1. The van der Waals surface area contributed by atoms with E-state index in [4.69, 9.17) is 10.5 Å². The van der Waals surface area contributed by atoms with E-state index in [1.807, 2.05) is 42.4 Å². The lowest BCUT2D eigenvalue weighted by atomic mass is 10.1. The lowest BCUT2D eigenvalue weighted by Gasteiger charge is -2.32. The number of benzene rings is 1. The molecule has 140 valence electrons. The number of aromatic nitrogens is 2. The maximum absolute atomic E-state index is 13.2. The molecule has 1 saturated heterocycles. The summed E-state index contributed by atoms with van der Waals surface area (Å²) in [7, 11) is 1.87. The van der Waals surface area contributed by atoms with Crippen molar-refractivity contribution < 1.29 is 13.9 Å². The fourth-order valence-electron chi connectivity index (χ4n) is 3.10. The summed E-state index contributed by atoms with van der Waals surface area (Å²) < 4.78 is 20.7. The standard InChI is InChI=1S/C19H25FN4O2/c1-23-13-15(12-22-23)14-3-2-4-17(11-14)26-10-7-18(25)19(21)24-8-5-16(20)6-9-24/h2-4,11-13,16,19H,5-10,21H2,1H3. The van der Waals surface area contributed by atoms with Gasteiger partial charge in [-0.3, -0.25) is 14.4 Å². The zero-order valence-corrected chi connectivity index (χ0v) is 15.0. The quantitative estimate of drug-likeness (QED) is 0.819. The van der Waals surface area contributed by atoms with Crippen LogP contribution in [0.3, 0.4) is 0 Å². The third kappa shape index (κ3) is 4.68. The number of alkyl halides is 1. The molecule has 1 unspecified atom stereocenters. The van der Waals surface area contributed by atoms with Crippen molar-refractivity contribution in [3.05, 3.63) is 36.7 Å². The minimum atomic E-state index is -0.774. The molecule has 0 saturated carbocycles. The average molecular weight is 360 g/mol. The smallest absolute Gasteiger partial charge is 0.167 e. The molecule has 1 aliphatic heterocycles. The minimum Gasteiger partial charge on any atom is -0.493 e. The van der Waals surface area contributed by atoms with E-state index in [1.54, 1.807) is 10.9 Å². The summed E-state index contributed by atoms with van der Waals surface area (Å²) >= 11 is 0. The van der Waals surface area contributed by atoms with Crippen LogP contribution in [0.4, 0.5) is 4.39 Å². The van der Waals surface area contributed by atoms with Crippen LogP contribution in [0.2, 0.25) is 0 Å². The predicted molar refractivity (Wildman–Crippen MR) is 97.4 cm³/mol. The Hall–Kier alpha value is -2.25. The Morgan fingerprint density at radius 3 is 2.85 bits per heavy atom. The second kappa shape index (κ2) is 8.42. The van der Waals surface area contributed by atoms with E-state index in [0.717, 1.165) is 11.1 Å². The first-order valence-corrected chi connectivity index (χ1v) is 8.91. The van der Waals surface area contributed by atoms with Crippen LogP contribution in [0.25, 0.3) is 11.1 Å². The highest BCUT2D eigenvalue weighted by atomic mass is 19.1. The van der Waals surface area contributed by atoms with E-state index in [0.29, 0.717) is 31.7 Å². The lowest BCUT2D eigenvalue weighted by molar-refractivity contribution is -0.125. The second-order valence-electron chi connectivity index (χ2n) is 6.65. The number of ether oxygens (including phenoxy) is 1. The van der Waals surface area contributed by atoms with Crippen molar-refractivity contribution in [3.8, 4) is 16.9 Å². The van der Waals surface area contributed by atoms with Crippen LogP contribution < -0.4 is 10.5 Å². The Bertz CT molecular complexity index is 741. The van der Waals surface area contributed by atoms with Gasteiger partial charge in [-0.2, -0.15) is 5.10 Å². The van der Waals surface area contributed by atoms with E-state index in [9.17, 15) is 9.18 Å². The van der Waals surface area contributed by atoms with Crippen molar-refractivity contribution in [1.82, 2.24) is 14.7 Å². The number of Topliss-reactive ketones (excluding diaryl/α,β-unsaturated/α-hetero) is 1. The third-order valence-corrected chi connectivity index (χ3v) is 4.67. The zero-order valence-electron chi connectivity index (χ0n) is 15.0. The van der Waals surface area contributed by atoms with Crippen molar-refractivity contribution in [2.75, 3.05) is 19.7 Å². The molecule has 6 nitrogen and oxygen atoms in total. The molecular formula is C19H25FN4O2. The van der Waals surface area contributed by atoms with E-state index in [-0.39, 0.29) is 18.8 Å². The highest BCUT2D eigenvalue weighted by Gasteiger charge is 2.26. The van der Waals surface area contributed by atoms with Crippen LogP contribution in [0, 0.1) is 0 Å². The van der Waals surface area contributed by atoms with Gasteiger partial charge in [0.25, 0.3) is 0 Å². The van der Waals surface area contributed by atoms with Crippen LogP contribution >= 0.6 is 0 Å². The fraction of sp³-hybridized carbons (Fsp3) is 0.474. The van der Waals surface area contributed by atoms with Gasteiger partial charge in [-0.1, -0.05) is 12.1 Å². The van der Waals surface area contributed by atoms with E-state index >= 15 is 0 Å². The summed E-state index contributed by atoms with van der Waals surface area (Å²) in [6, 6.07) is 7.68. The van der Waals surface area contributed by atoms with Gasteiger partial charge in [0.05, 0.1) is 12.8 Å². The number of nitrogens with zero attached hydrogens (tertiary/aromatic N) is 3. The summed E-state index contributed by atoms with van der Waals surface area (Å²) in [6.45, 7) is 1.33. The Morgan fingerprint density at radius 1 is 1.38 bits per heavy atom. The number of hydrogen-bond donors (Lipinski definition) is 1. The summed E-state index contributed by atoms with van der Waals surface area (Å²) in [5.41, 5.74) is 8.02. The molecule has 0 radical (unpaired) electrons. The monoisotopic (exact) mass is 360 g/mol. The summed E-state index contributed by atoms with van der Waals surface area (Å²) in [5.74, 6) is 0.622. The molecule has 2 N–H and O–H groups in total. The van der Waals surface area contributed by atoms with Crippen molar-refractivity contribution in [2.45, 2.75) is 31.6 Å². The summed E-state index contributed by atoms with van der Waals surface area (Å²) in [6.07, 6.45) is 3.40. The molecule has 1 aromatic heterocycles. The number of nitrogens with two attached hydrogens (primary N) is 1. The van der Waals surface area contributed by atoms with Gasteiger partial charge in [-0.05, 0) is 30.5 Å². The minimum absolute atomic E-state index is 0.0780. The van der Waals surface area contributed by atoms with Gasteiger partial charge in [0, 0.05) is 38.3 Å². The first-order chi connectivity index (χ1) is 12.5. The van der Waals surface area contributed by atoms with Crippen LogP contribution in [-0.2, 0) is 11.8 Å². The highest BCUT2D eigenvalue weighted by molar-refractivity contribution is 5.83. The molecule has 1 atom stereocenters. The first kappa shape index (κ1) is 18.5. The molecule has 3 rings (SSSR count). The Labute approximate surface area is 152 Å². The molecule has 2 heterocycles. The van der Waals surface area contributed by atoms with Crippen LogP contribution in [0.15, 0.2) is 36.7 Å². The molecule has 1 aromatic carbocycles. The number of halogens is 1. The van der Waals surface area contributed by atoms with Gasteiger partial charge in [0.1, 0.15) is 18.1 Å². The molecule has 2 aromatic rings. The SMILES string of the molecule is Cn1cc(-c2cccc(OCCC(=O)C(N)N3CCC(F)CC3)c2)cn1. The molecule has 0 bridgehead atoms. The molecular weight excluding hydrogens is 335 g/mol. The van der Waals surface area contributed by atoms with E-state index < -0.39 is 12.3 Å². The zero-order chi connectivity index (χ0) is 18.5. The van der Waals surface area contributed by atoms with Crippen molar-refractivity contribution in [1.29, 1.82) is 0 Å². The fourth-order valence-corrected chi connectivity index (χ4v) is 3.10. The lowest BCUT2D eigenvalue weighted by Crippen LogP contribution is -2.51. The molecule has 7 heteroatoms. The summed E-state index contributed by atoms with van der Waals surface area (Å²) in [5, 5.41) is 4.17. The number of ketones is 1. The van der Waals surface area contributed by atoms with Crippen molar-refractivity contribution in [3.63, 3.8) is 0 Å². The van der Waals surface area contributed by atoms with Crippen LogP contribution in [0.1, 0.15) is 19.3 Å². The second-order valence-corrected chi connectivity index (χ2v) is 6.65. The van der Waals surface area contributed by atoms with Gasteiger partial charge in [0.2, 0.25) is 0 Å². The van der Waals surface area contributed by atoms with Crippen molar-refractivity contribution in [2.24, 2.45) is 12.8 Å². The van der Waals surface area contributed by atoms with E-state index in [2.05, 4.69) is 5.10 Å². The number of hydrogen-bond acceptors (Lipinski definition) is 5. The molecule has 1 fully saturated rings. The van der Waals surface area contributed by atoms with Gasteiger partial charge in [-0.15, -0.1) is 0 Å². The number of likely N-dealkylation sites (tertiary alicyclic amines) is 1. The number of rotatable bonds is 7. The largest absolute Gasteiger partial charge is 0.493 e. The van der Waals surface area contributed by atoms with Gasteiger partial charge in [0.15, 0.2) is 5.78 Å². The first-order valence-electron chi connectivity index (χ1n) is 8.91. The number of aryl methyl sites for hydroxylation is 1. The molecule has 26 heavy (non-hydrogen) atoms. The Balaban J connectivity index is 1.49. The van der Waals surface area contributed by atoms with Gasteiger partial charge >= 0.3 is 0 Å². The normalized spacial score (nSPS) is 17.2. The van der Waals surface area contributed by atoms with E-state index in [1.165, 1.54) is 0 Å². The number of carbonyl (C=O) groups is 1. The topological polar surface area (TPSA) is 73.4 Å². The Kier molecular flexibility index (Phi) is 6.00. The number of piperidine rings is 1. The van der Waals surface area contributed by atoms with Crippen LogP contribution in [0.5, 0.6) is 5.75 Å². The Morgan fingerprint density at radius 2 is 2.15 bits per heavy atom. The third-order valence-electron chi connectivity index (χ3n) is 4.67. The van der Waals surface area contributed by atoms with Crippen LogP contribution in [-0.4, -0.2) is 52.5 Å². The average Bonchev–Trinajstić information content (AvgIpc) is 3.08. The maximum atomic E-state index is 13.2. The predicted octanol–water partition coefficient (Wildman–Crippen LogP) is 2.14. The maximum Gasteiger partial charge on any atom is 0.167 e. The van der Waals surface area contributed by atoms with Crippen molar-refractivity contribution >= 4 is 5.78 Å². The van der Waals surface area contributed by atoms with Gasteiger partial charge < -0.3 is 10.5 Å². The van der Waals surface area contributed by atoms with Gasteiger partial charge in [-0.25, -0.2) is 4.39 Å².